The molecule has 3 amide bonds. The first-order chi connectivity index (χ1) is 11.3. The Hall–Kier alpha value is -2.81. The molecule has 0 saturated heterocycles. The molecule has 1 aromatic carbocycles. The third-order valence-corrected chi connectivity index (χ3v) is 2.89. The van der Waals surface area contributed by atoms with Crippen LogP contribution in [0.2, 0.25) is 5.15 Å². The number of urea groups is 1. The highest BCUT2D eigenvalue weighted by Crippen LogP contribution is 2.29. The maximum atomic E-state index is 12.3. The van der Waals surface area contributed by atoms with Crippen LogP contribution < -0.4 is 15.4 Å². The fourth-order valence-electron chi connectivity index (χ4n) is 1.66. The molecule has 6 nitrogen and oxygen atoms in total. The van der Waals surface area contributed by atoms with Crippen molar-refractivity contribution in [2.24, 2.45) is 0 Å². The molecule has 0 aliphatic carbocycles. The van der Waals surface area contributed by atoms with Gasteiger partial charge in [-0.15, -0.1) is 13.2 Å². The van der Waals surface area contributed by atoms with Crippen LogP contribution >= 0.6 is 11.6 Å². The van der Waals surface area contributed by atoms with Crippen LogP contribution in [-0.4, -0.2) is 23.3 Å². The van der Waals surface area contributed by atoms with E-state index in [2.05, 4.69) is 15.0 Å². The molecule has 24 heavy (non-hydrogen) atoms. The van der Waals surface area contributed by atoms with Gasteiger partial charge in [-0.2, -0.15) is 0 Å². The van der Waals surface area contributed by atoms with Gasteiger partial charge in [-0.05, 0) is 24.3 Å². The fraction of sp³-hybridized carbons (Fsp3) is 0.0714. The Balaban J connectivity index is 2.08. The third kappa shape index (κ3) is 4.85. The summed E-state index contributed by atoms with van der Waals surface area (Å²) in [6.07, 6.45) is -3.57. The van der Waals surface area contributed by atoms with Gasteiger partial charge < -0.3 is 10.1 Å². The zero-order valence-electron chi connectivity index (χ0n) is 11.7. The van der Waals surface area contributed by atoms with Crippen molar-refractivity contribution in [3.05, 3.63) is 53.3 Å². The summed E-state index contributed by atoms with van der Waals surface area (Å²) in [5.41, 5.74) is -0.327. The number of halogens is 4. The number of anilines is 1. The first kappa shape index (κ1) is 17.5. The van der Waals surface area contributed by atoms with E-state index in [9.17, 15) is 22.8 Å². The smallest absolute Gasteiger partial charge is 0.404 e. The van der Waals surface area contributed by atoms with Gasteiger partial charge in [0.25, 0.3) is 5.91 Å². The van der Waals surface area contributed by atoms with E-state index in [1.54, 1.807) is 0 Å². The lowest BCUT2D eigenvalue weighted by Crippen LogP contribution is -2.34. The summed E-state index contributed by atoms with van der Waals surface area (Å²) in [5.74, 6) is -1.48. The average Bonchev–Trinajstić information content (AvgIpc) is 2.48. The number of alkyl halides is 3. The van der Waals surface area contributed by atoms with E-state index in [0.29, 0.717) is 0 Å². The van der Waals surface area contributed by atoms with Gasteiger partial charge in [0.05, 0.1) is 11.3 Å². The van der Waals surface area contributed by atoms with Crippen LogP contribution in [0.25, 0.3) is 0 Å². The summed E-state index contributed by atoms with van der Waals surface area (Å²) >= 11 is 5.71. The van der Waals surface area contributed by atoms with E-state index >= 15 is 0 Å². The molecule has 126 valence electrons. The monoisotopic (exact) mass is 359 g/mol. The third-order valence-electron chi connectivity index (χ3n) is 2.59. The molecule has 10 heteroatoms. The number of pyridine rings is 1. The number of nitrogens with one attached hydrogen (secondary N) is 2. The molecule has 1 heterocycles. The van der Waals surface area contributed by atoms with Crippen molar-refractivity contribution in [3.8, 4) is 5.75 Å². The highest BCUT2D eigenvalue weighted by atomic mass is 35.5. The van der Waals surface area contributed by atoms with E-state index in [-0.39, 0.29) is 16.4 Å². The van der Waals surface area contributed by atoms with E-state index < -0.39 is 24.1 Å². The van der Waals surface area contributed by atoms with Crippen LogP contribution in [0, 0.1) is 0 Å². The number of benzene rings is 1. The highest BCUT2D eigenvalue weighted by Gasteiger charge is 2.32. The van der Waals surface area contributed by atoms with Gasteiger partial charge in [-0.3, -0.25) is 10.1 Å². The molecule has 0 saturated carbocycles. The molecule has 2 rings (SSSR count). The molecular weight excluding hydrogens is 351 g/mol. The second-order valence-electron chi connectivity index (χ2n) is 4.29. The predicted molar refractivity (Wildman–Crippen MR) is 78.9 cm³/mol. The lowest BCUT2D eigenvalue weighted by atomic mass is 10.2. The number of hydrogen-bond donors (Lipinski definition) is 2. The number of nitrogens with zero attached hydrogens (tertiary/aromatic N) is 1. The first-order valence-corrected chi connectivity index (χ1v) is 6.71. The summed E-state index contributed by atoms with van der Waals surface area (Å²) in [4.78, 5) is 27.3. The molecule has 2 aromatic rings. The minimum absolute atomic E-state index is 0.0610. The molecule has 0 radical (unpaired) electrons. The minimum atomic E-state index is -4.92. The quantitative estimate of drug-likeness (QED) is 0.821. The molecule has 0 spiro atoms. The molecular formula is C14H9ClF3N3O3. The standard InChI is InChI=1S/C14H9ClF3N3O3/c15-11-8(4-3-7-19-11)12(22)21-13(23)20-9-5-1-2-6-10(9)24-14(16,17)18/h1-7H,(H2,20,21,22,23). The minimum Gasteiger partial charge on any atom is -0.404 e. The van der Waals surface area contributed by atoms with Gasteiger partial charge in [-0.25, -0.2) is 9.78 Å². The molecule has 0 bridgehead atoms. The molecule has 0 atom stereocenters. The molecule has 2 N–H and O–H groups in total. The van der Waals surface area contributed by atoms with Gasteiger partial charge in [0.2, 0.25) is 0 Å². The number of imide groups is 1. The molecule has 0 unspecified atom stereocenters. The Labute approximate surface area is 138 Å². The Morgan fingerprint density at radius 1 is 1.12 bits per heavy atom. The Morgan fingerprint density at radius 2 is 1.83 bits per heavy atom. The topological polar surface area (TPSA) is 80.3 Å². The number of hydrogen-bond acceptors (Lipinski definition) is 4. The Morgan fingerprint density at radius 3 is 2.50 bits per heavy atom. The SMILES string of the molecule is O=C(NC(=O)c1cccnc1Cl)Nc1ccccc1OC(F)(F)F. The number of para-hydroxylation sites is 2. The summed E-state index contributed by atoms with van der Waals surface area (Å²) < 4.78 is 40.7. The summed E-state index contributed by atoms with van der Waals surface area (Å²) in [6, 6.07) is 6.59. The van der Waals surface area contributed by atoms with Crippen LogP contribution in [0.15, 0.2) is 42.6 Å². The molecule has 0 aliphatic heterocycles. The molecule has 1 aromatic heterocycles. The maximum Gasteiger partial charge on any atom is 0.573 e. The lowest BCUT2D eigenvalue weighted by molar-refractivity contribution is -0.274. The second kappa shape index (κ2) is 7.18. The second-order valence-corrected chi connectivity index (χ2v) is 4.65. The van der Waals surface area contributed by atoms with E-state index in [0.717, 1.165) is 6.07 Å². The Kier molecular flexibility index (Phi) is 5.24. The maximum absolute atomic E-state index is 12.3. The van der Waals surface area contributed by atoms with E-state index in [1.807, 2.05) is 5.32 Å². The number of amides is 3. The van der Waals surface area contributed by atoms with Gasteiger partial charge >= 0.3 is 12.4 Å². The van der Waals surface area contributed by atoms with Crippen LogP contribution in [0.1, 0.15) is 10.4 Å². The number of carbonyl (C=O) groups is 2. The lowest BCUT2D eigenvalue weighted by Gasteiger charge is -2.14. The van der Waals surface area contributed by atoms with Crippen molar-refractivity contribution in [1.82, 2.24) is 10.3 Å². The predicted octanol–water partition coefficient (Wildman–Crippen LogP) is 3.60. The van der Waals surface area contributed by atoms with Crippen molar-refractivity contribution in [2.45, 2.75) is 6.36 Å². The van der Waals surface area contributed by atoms with Crippen molar-refractivity contribution < 1.29 is 27.5 Å². The summed E-state index contributed by atoms with van der Waals surface area (Å²) in [5, 5.41) is 3.90. The van der Waals surface area contributed by atoms with Crippen LogP contribution in [0.4, 0.5) is 23.7 Å². The number of aromatic nitrogens is 1. The van der Waals surface area contributed by atoms with Crippen molar-refractivity contribution >= 4 is 29.2 Å². The van der Waals surface area contributed by atoms with Crippen molar-refractivity contribution in [3.63, 3.8) is 0 Å². The number of carbonyl (C=O) groups excluding carboxylic acids is 2. The molecule has 0 aliphatic rings. The number of ether oxygens (including phenoxy) is 1. The van der Waals surface area contributed by atoms with Crippen LogP contribution in [0.3, 0.4) is 0 Å². The van der Waals surface area contributed by atoms with Gasteiger partial charge in [0.15, 0.2) is 5.75 Å². The van der Waals surface area contributed by atoms with Gasteiger partial charge in [0.1, 0.15) is 5.15 Å². The first-order valence-electron chi connectivity index (χ1n) is 6.34. The van der Waals surface area contributed by atoms with E-state index in [1.165, 1.54) is 36.5 Å². The Bertz CT molecular complexity index is 768. The van der Waals surface area contributed by atoms with Gasteiger partial charge in [-0.1, -0.05) is 23.7 Å². The largest absolute Gasteiger partial charge is 0.573 e. The zero-order chi connectivity index (χ0) is 17.7. The zero-order valence-corrected chi connectivity index (χ0v) is 12.5. The average molecular weight is 360 g/mol. The van der Waals surface area contributed by atoms with E-state index in [4.69, 9.17) is 11.6 Å². The highest BCUT2D eigenvalue weighted by molar-refractivity contribution is 6.33. The van der Waals surface area contributed by atoms with Gasteiger partial charge in [0, 0.05) is 6.20 Å². The number of rotatable bonds is 3. The van der Waals surface area contributed by atoms with Crippen LogP contribution in [-0.2, 0) is 0 Å². The fourth-order valence-corrected chi connectivity index (χ4v) is 1.87. The van der Waals surface area contributed by atoms with Crippen molar-refractivity contribution in [2.75, 3.05) is 5.32 Å². The van der Waals surface area contributed by atoms with Crippen molar-refractivity contribution in [1.29, 1.82) is 0 Å². The van der Waals surface area contributed by atoms with Crippen LogP contribution in [0.5, 0.6) is 5.75 Å². The summed E-state index contributed by atoms with van der Waals surface area (Å²) in [7, 11) is 0. The molecule has 0 fully saturated rings. The normalized spacial score (nSPS) is 10.8. The summed E-state index contributed by atoms with van der Waals surface area (Å²) in [6.45, 7) is 0.